The molecule has 1 atom stereocenters. The fraction of sp³-hybridized carbons (Fsp3) is 0.625. The number of methoxy groups -OCH3 is 2. The molecule has 1 aliphatic rings. The van der Waals surface area contributed by atoms with E-state index in [0.29, 0.717) is 24.1 Å². The standard InChI is InChI=1S/C16H25NO4S/c1-17(22(4,18)19)10-9-14(12-5-6-12)13-7-8-15(20-2)16(11-13)21-3/h7-8,11-12,14H,5-6,9-10H2,1-4H3. The van der Waals surface area contributed by atoms with E-state index in [1.54, 1.807) is 21.3 Å². The van der Waals surface area contributed by atoms with Crippen molar-refractivity contribution in [2.24, 2.45) is 5.92 Å². The number of nitrogens with zero attached hydrogens (tertiary/aromatic N) is 1. The fourth-order valence-corrected chi connectivity index (χ4v) is 3.18. The van der Waals surface area contributed by atoms with Gasteiger partial charge in [-0.1, -0.05) is 6.07 Å². The van der Waals surface area contributed by atoms with Gasteiger partial charge in [0.2, 0.25) is 10.0 Å². The molecule has 124 valence electrons. The van der Waals surface area contributed by atoms with Gasteiger partial charge in [0.25, 0.3) is 0 Å². The number of ether oxygens (including phenoxy) is 2. The monoisotopic (exact) mass is 327 g/mol. The first-order valence-corrected chi connectivity index (χ1v) is 9.35. The molecule has 1 aliphatic carbocycles. The molecule has 0 aromatic heterocycles. The van der Waals surface area contributed by atoms with E-state index >= 15 is 0 Å². The zero-order valence-electron chi connectivity index (χ0n) is 13.7. The lowest BCUT2D eigenvalue weighted by atomic mass is 9.90. The Labute approximate surface area is 133 Å². The normalized spacial score (nSPS) is 16.6. The lowest BCUT2D eigenvalue weighted by Gasteiger charge is -2.21. The van der Waals surface area contributed by atoms with Gasteiger partial charge < -0.3 is 9.47 Å². The highest BCUT2D eigenvalue weighted by Gasteiger charge is 2.33. The summed E-state index contributed by atoms with van der Waals surface area (Å²) < 4.78 is 35.2. The van der Waals surface area contributed by atoms with Gasteiger partial charge >= 0.3 is 0 Å². The number of hydrogen-bond acceptors (Lipinski definition) is 4. The third-order valence-corrected chi connectivity index (χ3v) is 5.66. The van der Waals surface area contributed by atoms with Crippen LogP contribution in [0.25, 0.3) is 0 Å². The van der Waals surface area contributed by atoms with E-state index < -0.39 is 10.0 Å². The molecule has 0 amide bonds. The summed E-state index contributed by atoms with van der Waals surface area (Å²) in [7, 11) is 1.76. The van der Waals surface area contributed by atoms with E-state index in [9.17, 15) is 8.42 Å². The Balaban J connectivity index is 2.15. The molecule has 6 heteroatoms. The lowest BCUT2D eigenvalue weighted by molar-refractivity contribution is 0.353. The molecule has 1 aromatic rings. The average Bonchev–Trinajstić information content (AvgIpc) is 3.30. The smallest absolute Gasteiger partial charge is 0.210 e. The van der Waals surface area contributed by atoms with Crippen LogP contribution < -0.4 is 9.47 Å². The Morgan fingerprint density at radius 3 is 2.36 bits per heavy atom. The van der Waals surface area contributed by atoms with Crippen LogP contribution in [0.3, 0.4) is 0 Å². The van der Waals surface area contributed by atoms with Gasteiger partial charge in [0.05, 0.1) is 20.5 Å². The Kier molecular flexibility index (Phi) is 5.34. The van der Waals surface area contributed by atoms with Crippen LogP contribution in [-0.4, -0.2) is 46.8 Å². The summed E-state index contributed by atoms with van der Waals surface area (Å²) in [5, 5.41) is 0. The van der Waals surface area contributed by atoms with E-state index in [4.69, 9.17) is 9.47 Å². The minimum atomic E-state index is -3.12. The first kappa shape index (κ1) is 17.1. The minimum Gasteiger partial charge on any atom is -0.493 e. The molecule has 5 nitrogen and oxygen atoms in total. The van der Waals surface area contributed by atoms with Crippen molar-refractivity contribution >= 4 is 10.0 Å². The van der Waals surface area contributed by atoms with Crippen LogP contribution >= 0.6 is 0 Å². The molecule has 22 heavy (non-hydrogen) atoms. The van der Waals surface area contributed by atoms with Crippen LogP contribution in [0.4, 0.5) is 0 Å². The van der Waals surface area contributed by atoms with E-state index in [-0.39, 0.29) is 0 Å². The predicted molar refractivity (Wildman–Crippen MR) is 87.1 cm³/mol. The van der Waals surface area contributed by atoms with Crippen molar-refractivity contribution in [1.82, 2.24) is 4.31 Å². The van der Waals surface area contributed by atoms with Crippen molar-refractivity contribution < 1.29 is 17.9 Å². The summed E-state index contributed by atoms with van der Waals surface area (Å²) in [6.07, 6.45) is 4.49. The van der Waals surface area contributed by atoms with E-state index in [0.717, 1.165) is 12.2 Å². The number of rotatable bonds is 8. The molecule has 0 aliphatic heterocycles. The van der Waals surface area contributed by atoms with Crippen molar-refractivity contribution in [3.8, 4) is 11.5 Å². The second-order valence-electron chi connectivity index (χ2n) is 5.93. The summed E-state index contributed by atoms with van der Waals surface area (Å²) in [6, 6.07) is 6.00. The highest BCUT2D eigenvalue weighted by atomic mass is 32.2. The molecule has 0 spiro atoms. The maximum Gasteiger partial charge on any atom is 0.210 e. The first-order valence-electron chi connectivity index (χ1n) is 7.50. The lowest BCUT2D eigenvalue weighted by Crippen LogP contribution is -2.27. The van der Waals surface area contributed by atoms with Gasteiger partial charge in [-0.05, 0) is 48.8 Å². The maximum absolute atomic E-state index is 11.5. The van der Waals surface area contributed by atoms with Crippen molar-refractivity contribution in [3.63, 3.8) is 0 Å². The molecular formula is C16H25NO4S. The maximum atomic E-state index is 11.5. The summed E-state index contributed by atoms with van der Waals surface area (Å²) >= 11 is 0. The van der Waals surface area contributed by atoms with Gasteiger partial charge in [-0.3, -0.25) is 0 Å². The third-order valence-electron chi connectivity index (χ3n) is 4.35. The molecule has 1 aromatic carbocycles. The number of sulfonamides is 1. The second-order valence-corrected chi connectivity index (χ2v) is 8.02. The van der Waals surface area contributed by atoms with Crippen LogP contribution in [0.1, 0.15) is 30.7 Å². The summed E-state index contributed by atoms with van der Waals surface area (Å²) in [5.41, 5.74) is 1.20. The topological polar surface area (TPSA) is 55.8 Å². The SMILES string of the molecule is COc1ccc(C(CCN(C)S(C)(=O)=O)C2CC2)cc1OC. The molecule has 2 rings (SSSR count). The van der Waals surface area contributed by atoms with Gasteiger partial charge in [0.1, 0.15) is 0 Å². The minimum absolute atomic E-state index is 0.365. The van der Waals surface area contributed by atoms with Crippen LogP contribution in [0.5, 0.6) is 11.5 Å². The predicted octanol–water partition coefficient (Wildman–Crippen LogP) is 2.48. The van der Waals surface area contributed by atoms with Crippen molar-refractivity contribution in [2.45, 2.75) is 25.2 Å². The Morgan fingerprint density at radius 1 is 1.23 bits per heavy atom. The summed E-state index contributed by atoms with van der Waals surface area (Å²) in [5.74, 6) is 2.45. The molecule has 1 saturated carbocycles. The molecule has 1 unspecified atom stereocenters. The number of hydrogen-bond donors (Lipinski definition) is 0. The zero-order valence-corrected chi connectivity index (χ0v) is 14.5. The van der Waals surface area contributed by atoms with Gasteiger partial charge in [-0.25, -0.2) is 12.7 Å². The quantitative estimate of drug-likeness (QED) is 0.736. The highest BCUT2D eigenvalue weighted by molar-refractivity contribution is 7.88. The largest absolute Gasteiger partial charge is 0.493 e. The molecular weight excluding hydrogens is 302 g/mol. The van der Waals surface area contributed by atoms with Crippen LogP contribution in [0.15, 0.2) is 18.2 Å². The highest BCUT2D eigenvalue weighted by Crippen LogP contribution is 2.46. The van der Waals surface area contributed by atoms with Crippen LogP contribution in [0.2, 0.25) is 0 Å². The van der Waals surface area contributed by atoms with Gasteiger partial charge in [0.15, 0.2) is 11.5 Å². The third kappa shape index (κ3) is 4.14. The van der Waals surface area contributed by atoms with E-state index in [1.807, 2.05) is 12.1 Å². The van der Waals surface area contributed by atoms with Crippen molar-refractivity contribution in [2.75, 3.05) is 34.1 Å². The first-order chi connectivity index (χ1) is 10.4. The van der Waals surface area contributed by atoms with E-state index in [1.165, 1.54) is 29.0 Å². The van der Waals surface area contributed by atoms with Crippen LogP contribution in [-0.2, 0) is 10.0 Å². The Bertz CT molecular complexity index is 611. The van der Waals surface area contributed by atoms with Gasteiger partial charge in [0, 0.05) is 13.6 Å². The molecule has 1 fully saturated rings. The average molecular weight is 327 g/mol. The zero-order chi connectivity index (χ0) is 16.3. The van der Waals surface area contributed by atoms with Crippen molar-refractivity contribution in [3.05, 3.63) is 23.8 Å². The van der Waals surface area contributed by atoms with Gasteiger partial charge in [-0.2, -0.15) is 0 Å². The molecule has 0 N–H and O–H groups in total. The molecule has 0 bridgehead atoms. The Morgan fingerprint density at radius 2 is 1.86 bits per heavy atom. The van der Waals surface area contributed by atoms with Gasteiger partial charge in [-0.15, -0.1) is 0 Å². The summed E-state index contributed by atoms with van der Waals surface area (Å²) in [6.45, 7) is 0.536. The molecule has 0 saturated heterocycles. The molecule has 0 heterocycles. The Hall–Kier alpha value is -1.27. The van der Waals surface area contributed by atoms with Crippen molar-refractivity contribution in [1.29, 1.82) is 0 Å². The van der Waals surface area contributed by atoms with Crippen LogP contribution in [0, 0.1) is 5.92 Å². The molecule has 0 radical (unpaired) electrons. The number of benzene rings is 1. The fourth-order valence-electron chi connectivity index (χ4n) is 2.74. The van der Waals surface area contributed by atoms with E-state index in [2.05, 4.69) is 6.07 Å². The second kappa shape index (κ2) is 6.87. The summed E-state index contributed by atoms with van der Waals surface area (Å²) in [4.78, 5) is 0.